The van der Waals surface area contributed by atoms with E-state index in [1.165, 1.54) is 5.56 Å². The Hall–Kier alpha value is -2.26. The first-order valence-corrected chi connectivity index (χ1v) is 13.9. The molecule has 7 nitrogen and oxygen atoms in total. The third-order valence-electron chi connectivity index (χ3n) is 5.59. The Labute approximate surface area is 227 Å². The topological polar surface area (TPSA) is 71.1 Å². The van der Waals surface area contributed by atoms with Gasteiger partial charge in [0.1, 0.15) is 23.3 Å². The Bertz CT molecular complexity index is 980. The predicted molar refractivity (Wildman–Crippen MR) is 153 cm³/mol. The molecule has 2 aromatic rings. The number of benzene rings is 2. The van der Waals surface area contributed by atoms with Crippen molar-refractivity contribution in [2.45, 2.75) is 72.0 Å². The molecule has 2 aromatic carbocycles. The number of nitrogens with zero attached hydrogens (tertiary/aromatic N) is 2. The van der Waals surface area contributed by atoms with Crippen molar-refractivity contribution >= 4 is 16.9 Å². The van der Waals surface area contributed by atoms with Crippen LogP contribution in [-0.2, 0) is 33.6 Å². The Morgan fingerprint density at radius 1 is 1.00 bits per heavy atom. The van der Waals surface area contributed by atoms with Crippen LogP contribution in [0.25, 0.3) is 0 Å². The molecule has 0 radical (unpaired) electrons. The summed E-state index contributed by atoms with van der Waals surface area (Å²) in [6.07, 6.45) is 0. The zero-order valence-electron chi connectivity index (χ0n) is 24.4. The van der Waals surface area contributed by atoms with E-state index < -0.39 is 11.0 Å². The number of rotatable bonds is 12. The van der Waals surface area contributed by atoms with Crippen LogP contribution in [0.4, 0.5) is 0 Å². The summed E-state index contributed by atoms with van der Waals surface area (Å²) in [4.78, 5) is 14.9. The number of methoxy groups -OCH3 is 1. The highest BCUT2D eigenvalue weighted by Gasteiger charge is 2.17. The maximum atomic E-state index is 13.0. The van der Waals surface area contributed by atoms with Gasteiger partial charge in [-0.2, -0.15) is 0 Å². The first-order chi connectivity index (χ1) is 17.4. The summed E-state index contributed by atoms with van der Waals surface area (Å²) < 4.78 is 25.6. The van der Waals surface area contributed by atoms with Crippen LogP contribution in [0.15, 0.2) is 41.3 Å². The van der Waals surface area contributed by atoms with Gasteiger partial charge in [-0.3, -0.25) is 4.79 Å². The third kappa shape index (κ3) is 11.3. The summed E-state index contributed by atoms with van der Waals surface area (Å²) in [6, 6.07) is 12.1. The number of aryl methyl sites for hydroxylation is 2. The fourth-order valence-corrected chi connectivity index (χ4v) is 4.72. The van der Waals surface area contributed by atoms with E-state index in [0.29, 0.717) is 19.7 Å². The third-order valence-corrected chi connectivity index (χ3v) is 7.34. The molecule has 1 N–H and O–H groups in total. The molecule has 2 rings (SSSR count). The van der Waals surface area contributed by atoms with Gasteiger partial charge in [-0.25, -0.2) is 8.51 Å². The lowest BCUT2D eigenvalue weighted by Crippen LogP contribution is -2.35. The van der Waals surface area contributed by atoms with Crippen LogP contribution in [0.5, 0.6) is 5.75 Å². The van der Waals surface area contributed by atoms with Crippen LogP contribution in [-0.4, -0.2) is 65.8 Å². The summed E-state index contributed by atoms with van der Waals surface area (Å²) in [7, 11) is 3.86. The molecule has 0 aliphatic heterocycles. The van der Waals surface area contributed by atoms with Crippen LogP contribution in [0.3, 0.4) is 0 Å². The van der Waals surface area contributed by atoms with Gasteiger partial charge in [-0.05, 0) is 69.0 Å². The van der Waals surface area contributed by atoms with Crippen LogP contribution >= 0.6 is 0 Å². The molecular weight excluding hydrogens is 486 g/mol. The normalized spacial score (nSPS) is 12.1. The van der Waals surface area contributed by atoms with Crippen molar-refractivity contribution in [1.82, 2.24) is 14.5 Å². The molecule has 0 saturated carbocycles. The second-order valence-corrected chi connectivity index (χ2v) is 11.4. The van der Waals surface area contributed by atoms with E-state index in [9.17, 15) is 9.00 Å². The highest BCUT2D eigenvalue weighted by atomic mass is 32.2. The number of likely N-dealkylation sites (N-methyl/N-ethyl adjacent to an activating group) is 2. The molecule has 37 heavy (non-hydrogen) atoms. The number of nitrogens with one attached hydrogen (secondary N) is 1. The molecule has 1 unspecified atom stereocenters. The maximum Gasteiger partial charge on any atom is 0.248 e. The number of hydrogen-bond acceptors (Lipinski definition) is 5. The lowest BCUT2D eigenvalue weighted by atomic mass is 10.1. The van der Waals surface area contributed by atoms with E-state index in [0.717, 1.165) is 33.9 Å². The second kappa shape index (κ2) is 15.9. The summed E-state index contributed by atoms with van der Waals surface area (Å²) in [6.45, 7) is 16.4. The lowest BCUT2D eigenvalue weighted by Gasteiger charge is -2.21. The van der Waals surface area contributed by atoms with Crippen molar-refractivity contribution < 1.29 is 18.5 Å². The number of amides is 1. The van der Waals surface area contributed by atoms with Crippen LogP contribution < -0.4 is 10.1 Å². The molecule has 208 valence electrons. The fourth-order valence-electron chi connectivity index (χ4n) is 3.50. The van der Waals surface area contributed by atoms with E-state index in [2.05, 4.69) is 50.4 Å². The highest BCUT2D eigenvalue weighted by Crippen LogP contribution is 2.25. The Kier molecular flexibility index (Phi) is 14.1. The predicted octanol–water partition coefficient (Wildman–Crippen LogP) is 4.86. The molecular formula is C29H47N3O4S. The molecule has 0 heterocycles. The standard InChI is InChI=1S/C27H41N3O4S.C2H6/c1-20-15-24(33-8)16-21(2)26(20)35(32)30(7)13-14-34-19-25(31)29(6)18-23-11-9-22(10-12-23)17-28-27(3,4)5;1-2/h9-12,15-16,28H,13-14,17-19H2,1-8H3;1-2H3. The van der Waals surface area contributed by atoms with Gasteiger partial charge >= 0.3 is 0 Å². The molecule has 1 atom stereocenters. The highest BCUT2D eigenvalue weighted by molar-refractivity contribution is 7.82. The van der Waals surface area contributed by atoms with Crippen molar-refractivity contribution in [3.63, 3.8) is 0 Å². The Morgan fingerprint density at radius 3 is 2.05 bits per heavy atom. The lowest BCUT2D eigenvalue weighted by molar-refractivity contribution is -0.135. The van der Waals surface area contributed by atoms with Gasteiger partial charge in [0.15, 0.2) is 0 Å². The van der Waals surface area contributed by atoms with Crippen molar-refractivity contribution in [2.75, 3.05) is 41.0 Å². The fraction of sp³-hybridized carbons (Fsp3) is 0.552. The first-order valence-electron chi connectivity index (χ1n) is 12.8. The van der Waals surface area contributed by atoms with Crippen molar-refractivity contribution in [1.29, 1.82) is 0 Å². The van der Waals surface area contributed by atoms with Crippen molar-refractivity contribution in [2.24, 2.45) is 0 Å². The monoisotopic (exact) mass is 533 g/mol. The van der Waals surface area contributed by atoms with Crippen molar-refractivity contribution in [3.8, 4) is 5.75 Å². The average Bonchev–Trinajstić information content (AvgIpc) is 2.85. The van der Waals surface area contributed by atoms with Crippen LogP contribution in [0.1, 0.15) is 56.9 Å². The number of carbonyl (C=O) groups is 1. The molecule has 0 bridgehead atoms. The SMILES string of the molecule is CC.COc1cc(C)c(S(=O)N(C)CCOCC(=O)N(C)Cc2ccc(CNC(C)(C)C)cc2)c(C)c1. The van der Waals surface area contributed by atoms with Gasteiger partial charge in [0, 0.05) is 39.3 Å². The summed E-state index contributed by atoms with van der Waals surface area (Å²) in [5, 5.41) is 3.47. The zero-order valence-corrected chi connectivity index (χ0v) is 25.3. The van der Waals surface area contributed by atoms with Gasteiger partial charge < -0.3 is 19.7 Å². The first kappa shape index (κ1) is 32.8. The van der Waals surface area contributed by atoms with E-state index >= 15 is 0 Å². The van der Waals surface area contributed by atoms with Crippen LogP contribution in [0, 0.1) is 13.8 Å². The molecule has 0 spiro atoms. The molecule has 0 saturated heterocycles. The minimum atomic E-state index is -1.32. The number of hydrogen-bond donors (Lipinski definition) is 1. The van der Waals surface area contributed by atoms with Gasteiger partial charge in [-0.1, -0.05) is 38.1 Å². The Balaban J connectivity index is 0.00000334. The zero-order chi connectivity index (χ0) is 28.2. The Morgan fingerprint density at radius 2 is 1.54 bits per heavy atom. The average molecular weight is 534 g/mol. The van der Waals surface area contributed by atoms with Crippen molar-refractivity contribution in [3.05, 3.63) is 58.7 Å². The van der Waals surface area contributed by atoms with Gasteiger partial charge in [0.05, 0.1) is 18.6 Å². The summed E-state index contributed by atoms with van der Waals surface area (Å²) in [5.41, 5.74) is 4.19. The number of ether oxygens (including phenoxy) is 2. The van der Waals surface area contributed by atoms with E-state index in [1.807, 2.05) is 39.8 Å². The molecule has 8 heteroatoms. The van der Waals surface area contributed by atoms with Gasteiger partial charge in [0.2, 0.25) is 5.91 Å². The van der Waals surface area contributed by atoms with Crippen LogP contribution in [0.2, 0.25) is 0 Å². The second-order valence-electron chi connectivity index (χ2n) is 9.91. The maximum absolute atomic E-state index is 13.0. The van der Waals surface area contributed by atoms with E-state index in [4.69, 9.17) is 9.47 Å². The smallest absolute Gasteiger partial charge is 0.248 e. The summed E-state index contributed by atoms with van der Waals surface area (Å²) in [5.74, 6) is 0.664. The molecule has 1 amide bonds. The van der Waals surface area contributed by atoms with Gasteiger partial charge in [0.25, 0.3) is 0 Å². The van der Waals surface area contributed by atoms with E-state index in [1.54, 1.807) is 30.4 Å². The molecule has 0 aliphatic rings. The number of carbonyl (C=O) groups excluding carboxylic acids is 1. The molecule has 0 aromatic heterocycles. The quantitative estimate of drug-likeness (QED) is 0.395. The van der Waals surface area contributed by atoms with E-state index in [-0.39, 0.29) is 18.1 Å². The minimum Gasteiger partial charge on any atom is -0.497 e. The summed E-state index contributed by atoms with van der Waals surface area (Å²) >= 11 is 0. The molecule has 0 fully saturated rings. The molecule has 0 aliphatic carbocycles. The van der Waals surface area contributed by atoms with Gasteiger partial charge in [-0.15, -0.1) is 0 Å². The largest absolute Gasteiger partial charge is 0.497 e. The minimum absolute atomic E-state index is 0.00878.